The summed E-state index contributed by atoms with van der Waals surface area (Å²) in [4.78, 5) is 22.1. The number of hydrogen-bond acceptors (Lipinski definition) is 6. The minimum atomic E-state index is -0.0588. The fourth-order valence-electron chi connectivity index (χ4n) is 3.70. The monoisotopic (exact) mass is 436 g/mol. The summed E-state index contributed by atoms with van der Waals surface area (Å²) in [6, 6.07) is 15.9. The second-order valence-electron chi connectivity index (χ2n) is 7.61. The lowest BCUT2D eigenvalue weighted by atomic mass is 10.2. The average Bonchev–Trinajstić information content (AvgIpc) is 3.23. The van der Waals surface area contributed by atoms with Gasteiger partial charge in [0.05, 0.1) is 35.7 Å². The Labute approximate surface area is 187 Å². The van der Waals surface area contributed by atoms with Crippen LogP contribution in [0.3, 0.4) is 0 Å². The Kier molecular flexibility index (Phi) is 6.84. The molecule has 1 aliphatic heterocycles. The van der Waals surface area contributed by atoms with Crippen molar-refractivity contribution in [2.45, 2.75) is 13.3 Å². The molecule has 2 aromatic carbocycles. The molecule has 0 saturated carbocycles. The number of carbonyl (C=O) groups is 1. The van der Waals surface area contributed by atoms with Gasteiger partial charge in [-0.2, -0.15) is 0 Å². The minimum absolute atomic E-state index is 0.0588. The lowest BCUT2D eigenvalue weighted by Crippen LogP contribution is -2.44. The Hall–Kier alpha value is -2.90. The van der Waals surface area contributed by atoms with Crippen molar-refractivity contribution in [3.8, 4) is 16.3 Å². The van der Waals surface area contributed by atoms with Crippen molar-refractivity contribution in [3.05, 3.63) is 59.6 Å². The molecule has 0 radical (unpaired) electrons. The molecule has 0 spiro atoms. The standard InChI is InChI=1S/C24H28N4O2S/c1-3-30-22-11-7-4-8-19(22)24-25-18(17-31-24)16-23(29)26-20-9-5-6-10-21(20)28-14-12-27(2)13-15-28/h4-11,17H,3,12-16H2,1-2H3,(H,26,29). The maximum absolute atomic E-state index is 12.8. The lowest BCUT2D eigenvalue weighted by Gasteiger charge is -2.35. The van der Waals surface area contributed by atoms with Crippen LogP contribution >= 0.6 is 11.3 Å². The van der Waals surface area contributed by atoms with Gasteiger partial charge in [0.1, 0.15) is 10.8 Å². The largest absolute Gasteiger partial charge is 0.493 e. The van der Waals surface area contributed by atoms with Crippen LogP contribution in [0.2, 0.25) is 0 Å². The number of nitrogens with zero attached hydrogens (tertiary/aromatic N) is 3. The highest BCUT2D eigenvalue weighted by atomic mass is 32.1. The smallest absolute Gasteiger partial charge is 0.230 e. The van der Waals surface area contributed by atoms with Gasteiger partial charge >= 0.3 is 0 Å². The number of thiazole rings is 1. The number of likely N-dealkylation sites (N-methyl/N-ethyl adjacent to an activating group) is 1. The van der Waals surface area contributed by atoms with Gasteiger partial charge in [0.15, 0.2) is 0 Å². The van der Waals surface area contributed by atoms with E-state index in [0.29, 0.717) is 6.61 Å². The van der Waals surface area contributed by atoms with Gasteiger partial charge in [0, 0.05) is 31.6 Å². The predicted molar refractivity (Wildman–Crippen MR) is 127 cm³/mol. The number of piperazine rings is 1. The first-order valence-electron chi connectivity index (χ1n) is 10.6. The summed E-state index contributed by atoms with van der Waals surface area (Å²) < 4.78 is 5.72. The number of ether oxygens (including phenoxy) is 1. The number of carbonyl (C=O) groups excluding carboxylic acids is 1. The third-order valence-corrected chi connectivity index (χ3v) is 6.26. The predicted octanol–water partition coefficient (Wildman–Crippen LogP) is 4.14. The molecule has 1 N–H and O–H groups in total. The third kappa shape index (κ3) is 5.24. The van der Waals surface area contributed by atoms with Gasteiger partial charge in [-0.1, -0.05) is 24.3 Å². The SMILES string of the molecule is CCOc1ccccc1-c1nc(CC(=O)Nc2ccccc2N2CCN(C)CC2)cs1. The molecular formula is C24H28N4O2S. The highest BCUT2D eigenvalue weighted by molar-refractivity contribution is 7.13. The zero-order valence-electron chi connectivity index (χ0n) is 18.0. The number of anilines is 2. The average molecular weight is 437 g/mol. The zero-order chi connectivity index (χ0) is 21.6. The molecule has 6 nitrogen and oxygen atoms in total. The van der Waals surface area contributed by atoms with Gasteiger partial charge in [-0.15, -0.1) is 11.3 Å². The number of amides is 1. The molecule has 0 unspecified atom stereocenters. The van der Waals surface area contributed by atoms with E-state index in [0.717, 1.165) is 59.6 Å². The summed E-state index contributed by atoms with van der Waals surface area (Å²) in [7, 11) is 2.14. The summed E-state index contributed by atoms with van der Waals surface area (Å²) in [5, 5.41) is 5.91. The van der Waals surface area contributed by atoms with Crippen molar-refractivity contribution < 1.29 is 9.53 Å². The molecule has 1 saturated heterocycles. The summed E-state index contributed by atoms with van der Waals surface area (Å²) in [5.74, 6) is 0.757. The molecule has 0 atom stereocenters. The van der Waals surface area contributed by atoms with Crippen molar-refractivity contribution in [2.75, 3.05) is 50.1 Å². The summed E-state index contributed by atoms with van der Waals surface area (Å²) >= 11 is 1.53. The number of para-hydroxylation sites is 3. The first kappa shape index (κ1) is 21.3. The molecule has 2 heterocycles. The second kappa shape index (κ2) is 9.94. The van der Waals surface area contributed by atoms with Gasteiger partial charge in [-0.05, 0) is 38.2 Å². The Morgan fingerprint density at radius 1 is 1.10 bits per heavy atom. The Morgan fingerprint density at radius 3 is 2.65 bits per heavy atom. The molecule has 1 aliphatic rings. The van der Waals surface area contributed by atoms with E-state index in [9.17, 15) is 4.79 Å². The Morgan fingerprint density at radius 2 is 1.84 bits per heavy atom. The fraction of sp³-hybridized carbons (Fsp3) is 0.333. The zero-order valence-corrected chi connectivity index (χ0v) is 18.8. The fourth-order valence-corrected chi connectivity index (χ4v) is 4.55. The third-order valence-electron chi connectivity index (χ3n) is 5.33. The number of nitrogens with one attached hydrogen (secondary N) is 1. The molecule has 31 heavy (non-hydrogen) atoms. The molecule has 1 amide bonds. The summed E-state index contributed by atoms with van der Waals surface area (Å²) in [6.07, 6.45) is 0.240. The quantitative estimate of drug-likeness (QED) is 0.603. The first-order chi connectivity index (χ1) is 15.1. The highest BCUT2D eigenvalue weighted by Crippen LogP contribution is 2.32. The maximum atomic E-state index is 12.8. The van der Waals surface area contributed by atoms with Gasteiger partial charge in [-0.3, -0.25) is 4.79 Å². The molecule has 162 valence electrons. The van der Waals surface area contributed by atoms with E-state index in [1.807, 2.05) is 54.8 Å². The van der Waals surface area contributed by atoms with Crippen LogP contribution < -0.4 is 15.0 Å². The molecule has 3 aromatic rings. The van der Waals surface area contributed by atoms with Crippen molar-refractivity contribution in [1.82, 2.24) is 9.88 Å². The number of rotatable bonds is 7. The topological polar surface area (TPSA) is 57.7 Å². The van der Waals surface area contributed by atoms with E-state index in [-0.39, 0.29) is 12.3 Å². The van der Waals surface area contributed by atoms with Crippen molar-refractivity contribution in [2.24, 2.45) is 0 Å². The number of benzene rings is 2. The Balaban J connectivity index is 1.44. The van der Waals surface area contributed by atoms with Crippen LogP contribution in [0.25, 0.3) is 10.6 Å². The molecule has 0 aliphatic carbocycles. The van der Waals surface area contributed by atoms with Crippen LogP contribution in [-0.2, 0) is 11.2 Å². The van der Waals surface area contributed by atoms with Gasteiger partial charge in [-0.25, -0.2) is 4.98 Å². The van der Waals surface area contributed by atoms with Crippen LogP contribution in [0.1, 0.15) is 12.6 Å². The van der Waals surface area contributed by atoms with Crippen LogP contribution in [0.4, 0.5) is 11.4 Å². The normalized spacial score (nSPS) is 14.5. The van der Waals surface area contributed by atoms with Gasteiger partial charge in [0.2, 0.25) is 5.91 Å². The first-order valence-corrected chi connectivity index (χ1v) is 11.5. The van der Waals surface area contributed by atoms with Crippen molar-refractivity contribution in [3.63, 3.8) is 0 Å². The molecular weight excluding hydrogens is 408 g/mol. The van der Waals surface area contributed by atoms with Crippen molar-refractivity contribution in [1.29, 1.82) is 0 Å². The molecule has 1 fully saturated rings. The van der Waals surface area contributed by atoms with E-state index in [1.54, 1.807) is 0 Å². The van der Waals surface area contributed by atoms with Crippen LogP contribution in [0, 0.1) is 0 Å². The molecule has 0 bridgehead atoms. The van der Waals surface area contributed by atoms with E-state index in [4.69, 9.17) is 4.74 Å². The number of hydrogen-bond donors (Lipinski definition) is 1. The molecule has 1 aromatic heterocycles. The lowest BCUT2D eigenvalue weighted by molar-refractivity contribution is -0.115. The van der Waals surface area contributed by atoms with Crippen LogP contribution in [-0.4, -0.2) is 55.6 Å². The van der Waals surface area contributed by atoms with Crippen LogP contribution in [0.5, 0.6) is 5.75 Å². The van der Waals surface area contributed by atoms with Crippen LogP contribution in [0.15, 0.2) is 53.9 Å². The minimum Gasteiger partial charge on any atom is -0.493 e. The molecule has 7 heteroatoms. The maximum Gasteiger partial charge on any atom is 0.230 e. The summed E-state index contributed by atoms with van der Waals surface area (Å²) in [5.41, 5.74) is 3.66. The summed E-state index contributed by atoms with van der Waals surface area (Å²) in [6.45, 7) is 6.52. The Bertz CT molecular complexity index is 1030. The van der Waals surface area contributed by atoms with E-state index in [1.165, 1.54) is 11.3 Å². The number of aromatic nitrogens is 1. The van der Waals surface area contributed by atoms with E-state index >= 15 is 0 Å². The molecule has 4 rings (SSSR count). The second-order valence-corrected chi connectivity index (χ2v) is 8.46. The van der Waals surface area contributed by atoms with Gasteiger partial charge < -0.3 is 19.9 Å². The highest BCUT2D eigenvalue weighted by Gasteiger charge is 2.18. The van der Waals surface area contributed by atoms with Crippen molar-refractivity contribution >= 4 is 28.6 Å². The van der Waals surface area contributed by atoms with E-state index < -0.39 is 0 Å². The van der Waals surface area contributed by atoms with Gasteiger partial charge in [0.25, 0.3) is 0 Å². The van der Waals surface area contributed by atoms with E-state index in [2.05, 4.69) is 33.2 Å².